The first-order valence-electron chi connectivity index (χ1n) is 5.39. The van der Waals surface area contributed by atoms with E-state index in [9.17, 15) is 0 Å². The Kier molecular flexibility index (Phi) is 8.59. The summed E-state index contributed by atoms with van der Waals surface area (Å²) >= 11 is 0. The number of rotatable bonds is 7. The van der Waals surface area contributed by atoms with Crippen molar-refractivity contribution >= 4 is 0 Å². The Balaban J connectivity index is 4.18. The van der Waals surface area contributed by atoms with Gasteiger partial charge in [0.2, 0.25) is 0 Å². The molecule has 0 aliphatic heterocycles. The minimum absolute atomic E-state index is 0.968. The van der Waals surface area contributed by atoms with Crippen molar-refractivity contribution in [3.05, 3.63) is 23.3 Å². The van der Waals surface area contributed by atoms with Crippen molar-refractivity contribution in [3.8, 4) is 0 Å². The van der Waals surface area contributed by atoms with Gasteiger partial charge in [-0.25, -0.2) is 0 Å². The van der Waals surface area contributed by atoms with Crippen LogP contribution in [-0.2, 0) is 0 Å². The molecule has 0 aromatic rings. The number of hydrogen-bond donors (Lipinski definition) is 2. The predicted octanol–water partition coefficient (Wildman–Crippen LogP) is 2.10. The summed E-state index contributed by atoms with van der Waals surface area (Å²) in [5, 5.41) is 6.34. The topological polar surface area (TPSA) is 24.1 Å². The third kappa shape index (κ3) is 6.87. The normalized spacial score (nSPS) is 13.4. The lowest BCUT2D eigenvalue weighted by molar-refractivity contribution is 0.799. The minimum atomic E-state index is 0.968. The Labute approximate surface area is 88.5 Å². The molecule has 0 saturated heterocycles. The van der Waals surface area contributed by atoms with E-state index in [1.54, 1.807) is 0 Å². The zero-order valence-corrected chi connectivity index (χ0v) is 9.98. The summed E-state index contributed by atoms with van der Waals surface area (Å²) in [6.07, 6.45) is 6.85. The van der Waals surface area contributed by atoms with Crippen LogP contribution in [0.5, 0.6) is 0 Å². The molecule has 0 radical (unpaired) electrons. The van der Waals surface area contributed by atoms with Crippen LogP contribution in [0.25, 0.3) is 0 Å². The molecule has 82 valence electrons. The van der Waals surface area contributed by atoms with E-state index >= 15 is 0 Å². The molecule has 0 aromatic heterocycles. The summed E-state index contributed by atoms with van der Waals surface area (Å²) in [6.45, 7) is 6.33. The summed E-state index contributed by atoms with van der Waals surface area (Å²) in [4.78, 5) is 0. The van der Waals surface area contributed by atoms with Crippen molar-refractivity contribution in [1.29, 1.82) is 0 Å². The van der Waals surface area contributed by atoms with Crippen molar-refractivity contribution in [2.45, 2.75) is 26.7 Å². The summed E-state index contributed by atoms with van der Waals surface area (Å²) < 4.78 is 0. The van der Waals surface area contributed by atoms with E-state index in [4.69, 9.17) is 0 Å². The molecule has 0 unspecified atom stereocenters. The molecule has 14 heavy (non-hydrogen) atoms. The number of allylic oxidation sites excluding steroid dienone is 2. The van der Waals surface area contributed by atoms with Crippen molar-refractivity contribution in [1.82, 2.24) is 10.6 Å². The van der Waals surface area contributed by atoms with Crippen LogP contribution in [0, 0.1) is 0 Å². The van der Waals surface area contributed by atoms with E-state index in [0.717, 1.165) is 13.1 Å². The highest BCUT2D eigenvalue weighted by molar-refractivity contribution is 5.18. The molecule has 0 saturated carbocycles. The monoisotopic (exact) mass is 196 g/mol. The Bertz CT molecular complexity index is 184. The lowest BCUT2D eigenvalue weighted by Crippen LogP contribution is -2.10. The first-order chi connectivity index (χ1) is 6.74. The standard InChI is InChI=1S/C12H24N2/c1-5-6-12(10-14-4)8-7-11(2)9-13-3/h7-8,13-14H,5-6,9-10H2,1-4H3/b11-7+,12-8+. The molecule has 2 heteroatoms. The maximum absolute atomic E-state index is 3.20. The third-order valence-electron chi connectivity index (χ3n) is 2.03. The van der Waals surface area contributed by atoms with E-state index in [1.807, 2.05) is 14.1 Å². The SMILES string of the molecule is CCC/C(=C\C=C(/C)CNC)CNC. The van der Waals surface area contributed by atoms with Gasteiger partial charge in [-0.1, -0.05) is 36.6 Å². The molecular weight excluding hydrogens is 172 g/mol. The van der Waals surface area contributed by atoms with E-state index in [1.165, 1.54) is 24.0 Å². The van der Waals surface area contributed by atoms with Gasteiger partial charge in [0.05, 0.1) is 0 Å². The Morgan fingerprint density at radius 3 is 2.21 bits per heavy atom. The molecule has 0 heterocycles. The summed E-state index contributed by atoms with van der Waals surface area (Å²) in [5.41, 5.74) is 2.85. The smallest absolute Gasteiger partial charge is 0.0164 e. The summed E-state index contributed by atoms with van der Waals surface area (Å²) in [5.74, 6) is 0. The van der Waals surface area contributed by atoms with Crippen LogP contribution in [0.1, 0.15) is 26.7 Å². The van der Waals surface area contributed by atoms with Gasteiger partial charge in [-0.3, -0.25) is 0 Å². The van der Waals surface area contributed by atoms with Gasteiger partial charge in [-0.15, -0.1) is 0 Å². The number of nitrogens with one attached hydrogen (secondary N) is 2. The molecule has 2 N–H and O–H groups in total. The van der Waals surface area contributed by atoms with E-state index in [-0.39, 0.29) is 0 Å². The summed E-state index contributed by atoms with van der Waals surface area (Å²) in [7, 11) is 3.97. The van der Waals surface area contributed by atoms with Crippen LogP contribution in [-0.4, -0.2) is 27.2 Å². The Morgan fingerprint density at radius 2 is 1.71 bits per heavy atom. The fourth-order valence-electron chi connectivity index (χ4n) is 1.38. The van der Waals surface area contributed by atoms with Gasteiger partial charge < -0.3 is 10.6 Å². The molecule has 0 atom stereocenters. The zero-order valence-electron chi connectivity index (χ0n) is 9.98. The van der Waals surface area contributed by atoms with Gasteiger partial charge >= 0.3 is 0 Å². The minimum Gasteiger partial charge on any atom is -0.316 e. The van der Waals surface area contributed by atoms with Crippen LogP contribution < -0.4 is 10.6 Å². The lowest BCUT2D eigenvalue weighted by Gasteiger charge is -2.04. The van der Waals surface area contributed by atoms with Gasteiger partial charge in [0.25, 0.3) is 0 Å². The highest BCUT2D eigenvalue weighted by Crippen LogP contribution is 2.04. The van der Waals surface area contributed by atoms with Crippen LogP contribution in [0.4, 0.5) is 0 Å². The molecule has 0 aliphatic carbocycles. The van der Waals surface area contributed by atoms with Crippen molar-refractivity contribution < 1.29 is 0 Å². The molecule has 0 amide bonds. The molecule has 0 aromatic carbocycles. The Morgan fingerprint density at radius 1 is 1.07 bits per heavy atom. The van der Waals surface area contributed by atoms with E-state index in [2.05, 4.69) is 36.6 Å². The van der Waals surface area contributed by atoms with Crippen LogP contribution in [0.15, 0.2) is 23.3 Å². The van der Waals surface area contributed by atoms with Gasteiger partial charge in [0.15, 0.2) is 0 Å². The molecule has 0 fully saturated rings. The zero-order chi connectivity index (χ0) is 10.8. The molecule has 0 bridgehead atoms. The van der Waals surface area contributed by atoms with Crippen molar-refractivity contribution in [2.24, 2.45) is 0 Å². The lowest BCUT2D eigenvalue weighted by atomic mass is 10.1. The van der Waals surface area contributed by atoms with Gasteiger partial charge in [0, 0.05) is 13.1 Å². The molecule has 2 nitrogen and oxygen atoms in total. The fraction of sp³-hybridized carbons (Fsp3) is 0.667. The third-order valence-corrected chi connectivity index (χ3v) is 2.03. The molecule has 0 aliphatic rings. The van der Waals surface area contributed by atoms with E-state index < -0.39 is 0 Å². The van der Waals surface area contributed by atoms with Crippen molar-refractivity contribution in [2.75, 3.05) is 27.2 Å². The second-order valence-corrected chi connectivity index (χ2v) is 3.65. The van der Waals surface area contributed by atoms with Crippen LogP contribution >= 0.6 is 0 Å². The Hall–Kier alpha value is -0.600. The van der Waals surface area contributed by atoms with Gasteiger partial charge in [-0.05, 0) is 27.4 Å². The average molecular weight is 196 g/mol. The van der Waals surface area contributed by atoms with E-state index in [0.29, 0.717) is 0 Å². The molecular formula is C12H24N2. The summed E-state index contributed by atoms with van der Waals surface area (Å²) in [6, 6.07) is 0. The quantitative estimate of drug-likeness (QED) is 0.609. The van der Waals surface area contributed by atoms with Crippen LogP contribution in [0.3, 0.4) is 0 Å². The highest BCUT2D eigenvalue weighted by Gasteiger charge is 1.92. The fourth-order valence-corrected chi connectivity index (χ4v) is 1.38. The first kappa shape index (κ1) is 13.4. The second-order valence-electron chi connectivity index (χ2n) is 3.65. The predicted molar refractivity (Wildman–Crippen MR) is 64.6 cm³/mol. The first-order valence-corrected chi connectivity index (χ1v) is 5.39. The van der Waals surface area contributed by atoms with Crippen molar-refractivity contribution in [3.63, 3.8) is 0 Å². The van der Waals surface area contributed by atoms with Crippen LogP contribution in [0.2, 0.25) is 0 Å². The second kappa shape index (κ2) is 8.97. The molecule has 0 spiro atoms. The molecule has 0 rings (SSSR count). The van der Waals surface area contributed by atoms with Gasteiger partial charge in [0.1, 0.15) is 0 Å². The number of likely N-dealkylation sites (N-methyl/N-ethyl adjacent to an activating group) is 2. The van der Waals surface area contributed by atoms with Gasteiger partial charge in [-0.2, -0.15) is 0 Å². The maximum Gasteiger partial charge on any atom is 0.0164 e. The number of hydrogen-bond acceptors (Lipinski definition) is 2. The maximum atomic E-state index is 3.20. The average Bonchev–Trinajstić information content (AvgIpc) is 2.15. The highest BCUT2D eigenvalue weighted by atomic mass is 14.8. The largest absolute Gasteiger partial charge is 0.316 e.